The molecule has 3 aliphatic heterocycles. The number of carbonyl (C=O) groups is 1. The van der Waals surface area contributed by atoms with E-state index in [2.05, 4.69) is 4.90 Å². The van der Waals surface area contributed by atoms with Crippen molar-refractivity contribution in [3.8, 4) is 11.3 Å². The van der Waals surface area contributed by atoms with Gasteiger partial charge >= 0.3 is 0 Å². The minimum Gasteiger partial charge on any atom is -0.383 e. The molecule has 2 fully saturated rings. The van der Waals surface area contributed by atoms with Crippen LogP contribution in [0.25, 0.3) is 11.3 Å². The van der Waals surface area contributed by atoms with Crippen LogP contribution in [0, 0.1) is 5.92 Å². The first kappa shape index (κ1) is 23.8. The topological polar surface area (TPSA) is 100 Å². The lowest BCUT2D eigenvalue weighted by atomic mass is 9.96. The zero-order valence-corrected chi connectivity index (χ0v) is 20.5. The Bertz CT molecular complexity index is 1030. The van der Waals surface area contributed by atoms with Crippen LogP contribution in [0.1, 0.15) is 28.9 Å². The van der Waals surface area contributed by atoms with Crippen LogP contribution in [-0.2, 0) is 21.8 Å². The third-order valence-corrected chi connectivity index (χ3v) is 8.89. The van der Waals surface area contributed by atoms with Crippen molar-refractivity contribution in [1.29, 1.82) is 0 Å². The molecule has 1 amide bonds. The predicted octanol–water partition coefficient (Wildman–Crippen LogP) is 3.00. The van der Waals surface area contributed by atoms with E-state index in [4.69, 9.17) is 14.6 Å². The highest BCUT2D eigenvalue weighted by Crippen LogP contribution is 2.59. The lowest BCUT2D eigenvalue weighted by molar-refractivity contribution is 0.0297. The maximum Gasteiger partial charge on any atom is 0.274 e. The normalized spacial score (nSPS) is 21.7. The highest BCUT2D eigenvalue weighted by Gasteiger charge is 2.37. The molecule has 0 spiro atoms. The summed E-state index contributed by atoms with van der Waals surface area (Å²) < 4.78 is 34.5. The molecule has 0 radical (unpaired) electrons. The Balaban J connectivity index is 1.47. The van der Waals surface area contributed by atoms with Crippen molar-refractivity contribution < 1.29 is 23.4 Å². The molecule has 0 bridgehead atoms. The van der Waals surface area contributed by atoms with E-state index in [-0.39, 0.29) is 11.7 Å². The average Bonchev–Trinajstić information content (AvgIpc) is 3.20. The maximum atomic E-state index is 13.5. The van der Waals surface area contributed by atoms with Crippen molar-refractivity contribution in [3.05, 3.63) is 35.5 Å². The number of rotatable bonds is 6. The zero-order chi connectivity index (χ0) is 23.7. The minimum atomic E-state index is -3.05. The summed E-state index contributed by atoms with van der Waals surface area (Å²) in [5.74, 6) is 0.325. The standard InChI is InChI=1S/C24H34N4O5S/c1-32-13-10-26-8-6-18(7-9-26)16-28-23-19-4-2-3-5-21(19)34(30,31)17-20(23)22(25-28)24(29)27-11-14-33-15-12-27/h2-5,18,30-31H,6-17H2,1H3. The van der Waals surface area contributed by atoms with Gasteiger partial charge in [-0.15, -0.1) is 0 Å². The molecule has 2 saturated heterocycles. The molecule has 0 unspecified atom stereocenters. The summed E-state index contributed by atoms with van der Waals surface area (Å²) in [7, 11) is -1.31. The number of methoxy groups -OCH3 is 1. The largest absolute Gasteiger partial charge is 0.383 e. The van der Waals surface area contributed by atoms with Crippen LogP contribution >= 0.6 is 10.6 Å². The Kier molecular flexibility index (Phi) is 6.97. The van der Waals surface area contributed by atoms with Crippen LogP contribution in [0.15, 0.2) is 29.2 Å². The second-order valence-electron chi connectivity index (χ2n) is 9.35. The fourth-order valence-corrected chi connectivity index (χ4v) is 6.89. The van der Waals surface area contributed by atoms with Gasteiger partial charge < -0.3 is 19.3 Å². The molecule has 0 aliphatic carbocycles. The molecule has 5 rings (SSSR count). The van der Waals surface area contributed by atoms with E-state index in [1.807, 2.05) is 22.9 Å². The summed E-state index contributed by atoms with van der Waals surface area (Å²) in [4.78, 5) is 18.2. The van der Waals surface area contributed by atoms with Crippen LogP contribution in [-0.4, -0.2) is 94.2 Å². The summed E-state index contributed by atoms with van der Waals surface area (Å²) in [6, 6.07) is 7.42. The SMILES string of the molecule is COCCN1CCC(Cn2nc(C(=O)N3CCOCC3)c3c2-c2ccccc2S(O)(O)C3)CC1. The highest BCUT2D eigenvalue weighted by atomic mass is 32.3. The molecule has 1 aromatic carbocycles. The molecular weight excluding hydrogens is 456 g/mol. The first-order valence-electron chi connectivity index (χ1n) is 12.0. The van der Waals surface area contributed by atoms with Gasteiger partial charge in [0.2, 0.25) is 0 Å². The van der Waals surface area contributed by atoms with E-state index < -0.39 is 10.6 Å². The number of nitrogens with zero attached hydrogens (tertiary/aromatic N) is 4. The van der Waals surface area contributed by atoms with Gasteiger partial charge in [-0.2, -0.15) is 15.7 Å². The number of piperidine rings is 1. The van der Waals surface area contributed by atoms with E-state index in [0.29, 0.717) is 54.9 Å². The Labute approximate surface area is 202 Å². The summed E-state index contributed by atoms with van der Waals surface area (Å²) in [6.45, 7) is 6.51. The van der Waals surface area contributed by atoms with E-state index in [0.717, 1.165) is 50.3 Å². The number of aromatic nitrogens is 2. The Morgan fingerprint density at radius 2 is 1.91 bits per heavy atom. The Morgan fingerprint density at radius 1 is 1.18 bits per heavy atom. The Morgan fingerprint density at radius 3 is 2.65 bits per heavy atom. The number of fused-ring (bicyclic) bond motifs is 3. The third-order valence-electron chi connectivity index (χ3n) is 7.14. The number of hydrogen-bond donors (Lipinski definition) is 2. The molecule has 186 valence electrons. The number of likely N-dealkylation sites (tertiary alicyclic amines) is 1. The molecule has 34 heavy (non-hydrogen) atoms. The van der Waals surface area contributed by atoms with Crippen molar-refractivity contribution in [2.75, 3.05) is 59.7 Å². The van der Waals surface area contributed by atoms with Crippen LogP contribution in [0.4, 0.5) is 0 Å². The van der Waals surface area contributed by atoms with Gasteiger partial charge in [-0.25, -0.2) is 0 Å². The number of benzene rings is 1. The van der Waals surface area contributed by atoms with Gasteiger partial charge in [0.05, 0.1) is 36.2 Å². The van der Waals surface area contributed by atoms with Crippen molar-refractivity contribution in [2.24, 2.45) is 5.92 Å². The second-order valence-corrected chi connectivity index (χ2v) is 11.4. The molecule has 3 aliphatic rings. The van der Waals surface area contributed by atoms with Gasteiger partial charge in [0, 0.05) is 44.4 Å². The second kappa shape index (κ2) is 9.96. The zero-order valence-electron chi connectivity index (χ0n) is 19.7. The molecule has 0 saturated carbocycles. The first-order valence-corrected chi connectivity index (χ1v) is 13.7. The van der Waals surface area contributed by atoms with Crippen LogP contribution in [0.2, 0.25) is 0 Å². The summed E-state index contributed by atoms with van der Waals surface area (Å²) in [5, 5.41) is 4.84. The maximum absolute atomic E-state index is 13.5. The van der Waals surface area contributed by atoms with E-state index >= 15 is 0 Å². The van der Waals surface area contributed by atoms with Crippen LogP contribution in [0.3, 0.4) is 0 Å². The van der Waals surface area contributed by atoms with Crippen molar-refractivity contribution in [1.82, 2.24) is 19.6 Å². The highest BCUT2D eigenvalue weighted by molar-refractivity contribution is 8.23. The fourth-order valence-electron chi connectivity index (χ4n) is 5.24. The molecule has 2 N–H and O–H groups in total. The predicted molar refractivity (Wildman–Crippen MR) is 130 cm³/mol. The molecule has 4 heterocycles. The molecule has 1 aromatic heterocycles. The van der Waals surface area contributed by atoms with E-state index in [1.165, 1.54) is 0 Å². The summed E-state index contributed by atoms with van der Waals surface area (Å²) in [6.07, 6.45) is 2.11. The number of amides is 1. The monoisotopic (exact) mass is 490 g/mol. The van der Waals surface area contributed by atoms with Gasteiger partial charge in [0.1, 0.15) is 0 Å². The van der Waals surface area contributed by atoms with Crippen LogP contribution in [0.5, 0.6) is 0 Å². The lowest BCUT2D eigenvalue weighted by Gasteiger charge is -2.38. The van der Waals surface area contributed by atoms with Crippen molar-refractivity contribution >= 4 is 16.5 Å². The molecule has 10 heteroatoms. The number of ether oxygens (including phenoxy) is 2. The molecular formula is C24H34N4O5S. The lowest BCUT2D eigenvalue weighted by Crippen LogP contribution is -2.41. The van der Waals surface area contributed by atoms with Crippen molar-refractivity contribution in [3.63, 3.8) is 0 Å². The average molecular weight is 491 g/mol. The first-order chi connectivity index (χ1) is 16.5. The molecule has 2 aromatic rings. The smallest absolute Gasteiger partial charge is 0.274 e. The minimum absolute atomic E-state index is 0.0280. The van der Waals surface area contributed by atoms with E-state index in [9.17, 15) is 13.9 Å². The summed E-state index contributed by atoms with van der Waals surface area (Å²) >= 11 is 0. The van der Waals surface area contributed by atoms with Crippen molar-refractivity contribution in [2.45, 2.75) is 30.0 Å². The van der Waals surface area contributed by atoms with Gasteiger partial charge in [-0.1, -0.05) is 18.2 Å². The Hall–Kier alpha value is -1.95. The summed E-state index contributed by atoms with van der Waals surface area (Å²) in [5.41, 5.74) is 2.65. The van der Waals surface area contributed by atoms with Gasteiger partial charge in [0.15, 0.2) is 5.69 Å². The number of carbonyl (C=O) groups excluding carboxylic acids is 1. The quantitative estimate of drug-likeness (QED) is 0.642. The van der Waals surface area contributed by atoms with Gasteiger partial charge in [-0.05, 0) is 37.9 Å². The molecule has 0 atom stereocenters. The number of morpholine rings is 1. The fraction of sp³-hybridized carbons (Fsp3) is 0.583. The van der Waals surface area contributed by atoms with Gasteiger partial charge in [-0.3, -0.25) is 18.6 Å². The van der Waals surface area contributed by atoms with E-state index in [1.54, 1.807) is 18.1 Å². The third kappa shape index (κ3) is 4.62. The number of hydrogen-bond acceptors (Lipinski definition) is 7. The molecule has 9 nitrogen and oxygen atoms in total. The van der Waals surface area contributed by atoms with Gasteiger partial charge in [0.25, 0.3) is 5.91 Å². The van der Waals surface area contributed by atoms with Crippen LogP contribution < -0.4 is 0 Å².